The average Bonchev–Trinajstić information content (AvgIpc) is 2.92. The van der Waals surface area contributed by atoms with Gasteiger partial charge in [-0.05, 0) is 87.5 Å². The van der Waals surface area contributed by atoms with Crippen LogP contribution >= 0.6 is 11.8 Å². The predicted octanol–water partition coefficient (Wildman–Crippen LogP) is 3.37. The fraction of sp³-hybridized carbons (Fsp3) is 0.870. The van der Waals surface area contributed by atoms with Crippen molar-refractivity contribution in [2.75, 3.05) is 12.0 Å². The monoisotopic (exact) mass is 418 g/mol. The molecule has 6 aliphatic rings. The van der Waals surface area contributed by atoms with Gasteiger partial charge in [0.15, 0.2) is 0 Å². The highest BCUT2D eigenvalue weighted by molar-refractivity contribution is 7.98. The molecule has 3 atom stereocenters. The molecule has 1 aliphatic heterocycles. The summed E-state index contributed by atoms with van der Waals surface area (Å²) in [5.41, 5.74) is -0.0813. The van der Waals surface area contributed by atoms with E-state index >= 15 is 0 Å². The van der Waals surface area contributed by atoms with Crippen molar-refractivity contribution in [1.29, 1.82) is 0 Å². The van der Waals surface area contributed by atoms with Gasteiger partial charge in [-0.15, -0.1) is 0 Å². The van der Waals surface area contributed by atoms with Crippen LogP contribution in [-0.4, -0.2) is 46.2 Å². The van der Waals surface area contributed by atoms with Crippen LogP contribution in [0.3, 0.4) is 0 Å². The maximum Gasteiger partial charge on any atom is 0.243 e. The Hall–Kier alpha value is -1.04. The molecule has 1 saturated heterocycles. The largest absolute Gasteiger partial charge is 0.349 e. The van der Waals surface area contributed by atoms with Crippen LogP contribution in [0.2, 0.25) is 0 Å². The van der Waals surface area contributed by atoms with Crippen LogP contribution in [0.1, 0.15) is 70.6 Å². The van der Waals surface area contributed by atoms with E-state index in [0.717, 1.165) is 68.5 Å². The van der Waals surface area contributed by atoms with E-state index in [0.29, 0.717) is 6.42 Å². The van der Waals surface area contributed by atoms with E-state index in [2.05, 4.69) is 5.32 Å². The number of nitrogens with zero attached hydrogens (tertiary/aromatic N) is 1. The fourth-order valence-electron chi connectivity index (χ4n) is 7.71. The molecule has 0 radical (unpaired) electrons. The lowest BCUT2D eigenvalue weighted by molar-refractivity contribution is -0.149. The number of fused-ring (bicyclic) bond motifs is 1. The minimum absolute atomic E-state index is 0.0682. The highest BCUT2D eigenvalue weighted by atomic mass is 32.2. The molecule has 6 rings (SSSR count). The van der Waals surface area contributed by atoms with Crippen molar-refractivity contribution in [3.05, 3.63) is 0 Å². The summed E-state index contributed by atoms with van der Waals surface area (Å²) in [6.45, 7) is 0. The Kier molecular flexibility index (Phi) is 5.20. The molecular weight excluding hydrogens is 384 g/mol. The van der Waals surface area contributed by atoms with E-state index < -0.39 is 6.04 Å². The number of hydrogen-bond acceptors (Lipinski definition) is 4. The van der Waals surface area contributed by atoms with Gasteiger partial charge in [0.2, 0.25) is 17.7 Å². The van der Waals surface area contributed by atoms with E-state index in [1.54, 1.807) is 11.8 Å². The topological polar surface area (TPSA) is 66.5 Å². The van der Waals surface area contributed by atoms with Crippen LogP contribution in [0.15, 0.2) is 0 Å². The summed E-state index contributed by atoms with van der Waals surface area (Å²) in [7, 11) is 0. The molecular formula is C23H34N2O3S. The van der Waals surface area contributed by atoms with Gasteiger partial charge < -0.3 is 5.32 Å². The maximum absolute atomic E-state index is 13.6. The number of imide groups is 1. The van der Waals surface area contributed by atoms with Crippen LogP contribution in [-0.2, 0) is 14.4 Å². The zero-order chi connectivity index (χ0) is 20.2. The van der Waals surface area contributed by atoms with Crippen molar-refractivity contribution in [2.24, 2.45) is 29.6 Å². The van der Waals surface area contributed by atoms with Gasteiger partial charge in [-0.25, -0.2) is 0 Å². The predicted molar refractivity (Wildman–Crippen MR) is 113 cm³/mol. The summed E-state index contributed by atoms with van der Waals surface area (Å²) in [6.07, 6.45) is 13.5. The lowest BCUT2D eigenvalue weighted by atomic mass is 9.53. The molecule has 6 heteroatoms. The van der Waals surface area contributed by atoms with Crippen molar-refractivity contribution in [2.45, 2.75) is 82.2 Å². The number of amides is 3. The first-order valence-electron chi connectivity index (χ1n) is 11.7. The Morgan fingerprint density at radius 1 is 1.03 bits per heavy atom. The lowest BCUT2D eigenvalue weighted by Crippen LogP contribution is -2.63. The third-order valence-electron chi connectivity index (χ3n) is 8.51. The molecule has 0 aromatic rings. The third-order valence-corrected chi connectivity index (χ3v) is 9.16. The molecule has 1 N–H and O–H groups in total. The highest BCUT2D eigenvalue weighted by Gasteiger charge is 2.55. The van der Waals surface area contributed by atoms with Gasteiger partial charge in [-0.3, -0.25) is 19.3 Å². The Morgan fingerprint density at radius 3 is 2.03 bits per heavy atom. The Labute approximate surface area is 178 Å². The number of carbonyl (C=O) groups is 3. The molecule has 3 amide bonds. The van der Waals surface area contributed by atoms with Crippen molar-refractivity contribution in [3.8, 4) is 0 Å². The van der Waals surface area contributed by atoms with Gasteiger partial charge in [0, 0.05) is 5.54 Å². The maximum atomic E-state index is 13.6. The van der Waals surface area contributed by atoms with Crippen LogP contribution in [0.5, 0.6) is 0 Å². The molecule has 0 unspecified atom stereocenters. The number of hydrogen-bond donors (Lipinski definition) is 1. The summed E-state index contributed by atoms with van der Waals surface area (Å²) in [6, 6.07) is -0.624. The summed E-state index contributed by atoms with van der Waals surface area (Å²) >= 11 is 1.67. The van der Waals surface area contributed by atoms with Gasteiger partial charge in [-0.2, -0.15) is 11.8 Å². The molecule has 5 aliphatic carbocycles. The van der Waals surface area contributed by atoms with Crippen molar-refractivity contribution in [3.63, 3.8) is 0 Å². The van der Waals surface area contributed by atoms with Gasteiger partial charge >= 0.3 is 0 Å². The van der Waals surface area contributed by atoms with Crippen LogP contribution in [0.4, 0.5) is 0 Å². The summed E-state index contributed by atoms with van der Waals surface area (Å²) in [5, 5.41) is 3.44. The minimum atomic E-state index is -0.624. The van der Waals surface area contributed by atoms with E-state index in [-0.39, 0.29) is 35.1 Å². The lowest BCUT2D eigenvalue weighted by Gasteiger charge is -2.57. The third kappa shape index (κ3) is 3.43. The van der Waals surface area contributed by atoms with E-state index in [1.165, 1.54) is 24.2 Å². The standard InChI is InChI=1S/C23H34N2O3S/c1-29-7-6-19(25-21(27)17-4-2-3-5-18(17)22(25)28)20(26)24-23-11-14-8-15(12-23)10-16(9-14)13-23/h14-19H,2-13H2,1H3,(H,24,26)/t14?,15?,16?,17-,18+,19-,23?/m1/s1. The van der Waals surface area contributed by atoms with Crippen LogP contribution < -0.4 is 5.32 Å². The Morgan fingerprint density at radius 2 is 1.55 bits per heavy atom. The molecule has 1 heterocycles. The second-order valence-electron chi connectivity index (χ2n) is 10.5. The highest BCUT2D eigenvalue weighted by Crippen LogP contribution is 2.55. The normalized spacial score (nSPS) is 41.6. The number of rotatable bonds is 6. The quantitative estimate of drug-likeness (QED) is 0.672. The summed E-state index contributed by atoms with van der Waals surface area (Å²) in [5.74, 6) is 2.46. The van der Waals surface area contributed by atoms with Gasteiger partial charge in [0.25, 0.3) is 0 Å². The molecule has 0 spiro atoms. The smallest absolute Gasteiger partial charge is 0.243 e. The van der Waals surface area contributed by atoms with E-state index in [4.69, 9.17) is 0 Å². The zero-order valence-corrected chi connectivity index (χ0v) is 18.3. The van der Waals surface area contributed by atoms with Gasteiger partial charge in [0.05, 0.1) is 11.8 Å². The van der Waals surface area contributed by atoms with Crippen molar-refractivity contribution >= 4 is 29.5 Å². The molecule has 29 heavy (non-hydrogen) atoms. The molecule has 4 bridgehead atoms. The first kappa shape index (κ1) is 19.9. The van der Waals surface area contributed by atoms with E-state index in [1.807, 2.05) is 6.26 Å². The van der Waals surface area contributed by atoms with Crippen LogP contribution in [0.25, 0.3) is 0 Å². The van der Waals surface area contributed by atoms with Crippen LogP contribution in [0, 0.1) is 29.6 Å². The molecule has 0 aromatic heterocycles. The zero-order valence-electron chi connectivity index (χ0n) is 17.5. The number of likely N-dealkylation sites (tertiary alicyclic amines) is 1. The van der Waals surface area contributed by atoms with Gasteiger partial charge in [-0.1, -0.05) is 12.8 Å². The number of carbonyl (C=O) groups excluding carboxylic acids is 3. The number of thioether (sulfide) groups is 1. The molecule has 5 nitrogen and oxygen atoms in total. The second-order valence-corrected chi connectivity index (χ2v) is 11.5. The number of nitrogens with one attached hydrogen (secondary N) is 1. The molecule has 160 valence electrons. The minimum Gasteiger partial charge on any atom is -0.349 e. The first-order valence-corrected chi connectivity index (χ1v) is 13.1. The Balaban J connectivity index is 1.36. The summed E-state index contributed by atoms with van der Waals surface area (Å²) in [4.78, 5) is 41.2. The van der Waals surface area contributed by atoms with Crippen molar-refractivity contribution < 1.29 is 14.4 Å². The molecule has 0 aromatic carbocycles. The molecule has 6 fully saturated rings. The van der Waals surface area contributed by atoms with Crippen molar-refractivity contribution in [1.82, 2.24) is 10.2 Å². The average molecular weight is 419 g/mol. The Bertz CT molecular complexity index is 649. The first-order chi connectivity index (χ1) is 14.0. The summed E-state index contributed by atoms with van der Waals surface area (Å²) < 4.78 is 0. The van der Waals surface area contributed by atoms with E-state index in [9.17, 15) is 14.4 Å². The molecule has 5 saturated carbocycles. The fourth-order valence-corrected chi connectivity index (χ4v) is 8.17. The van der Waals surface area contributed by atoms with Gasteiger partial charge in [0.1, 0.15) is 6.04 Å². The second kappa shape index (κ2) is 7.58. The SMILES string of the molecule is CSCC[C@H](C(=O)NC12CC3CC(CC(C3)C1)C2)N1C(=O)[C@H]2CCCC[C@H]2C1=O.